The van der Waals surface area contributed by atoms with E-state index >= 15 is 0 Å². The van der Waals surface area contributed by atoms with Crippen molar-refractivity contribution in [1.29, 1.82) is 0 Å². The van der Waals surface area contributed by atoms with E-state index in [1.165, 1.54) is 6.92 Å². The van der Waals surface area contributed by atoms with Crippen molar-refractivity contribution in [3.05, 3.63) is 54.3 Å². The molecular formula is C20H20N4O3. The number of hydrogen-bond acceptors (Lipinski definition) is 5. The molecule has 2 amide bonds. The molecule has 27 heavy (non-hydrogen) atoms. The summed E-state index contributed by atoms with van der Waals surface area (Å²) in [6, 6.07) is 13.0. The zero-order valence-electron chi connectivity index (χ0n) is 15.0. The Morgan fingerprint density at radius 1 is 1.07 bits per heavy atom. The fraction of sp³-hybridized carbons (Fsp3) is 0.250. The number of para-hydroxylation sites is 1. The standard InChI is InChI=1S/C20H20N4O3/c1-14(25)22-24-10-8-23(9-11-24)20(26)16-13-18(19-7-4-12-27-19)21-17-6-3-2-5-15(16)17/h2-7,12-13H,8-11H2,1H3,(H,22,25). The molecular weight excluding hydrogens is 344 g/mol. The van der Waals surface area contributed by atoms with Crippen LogP contribution < -0.4 is 5.43 Å². The van der Waals surface area contributed by atoms with Crippen molar-refractivity contribution in [1.82, 2.24) is 20.3 Å². The average molecular weight is 364 g/mol. The van der Waals surface area contributed by atoms with Crippen molar-refractivity contribution >= 4 is 22.7 Å². The maximum Gasteiger partial charge on any atom is 0.254 e. The number of piperazine rings is 1. The van der Waals surface area contributed by atoms with E-state index in [9.17, 15) is 9.59 Å². The number of hydrogen-bond donors (Lipinski definition) is 1. The minimum absolute atomic E-state index is 0.0381. The second-order valence-electron chi connectivity index (χ2n) is 6.50. The Morgan fingerprint density at radius 2 is 1.85 bits per heavy atom. The Kier molecular flexibility index (Phi) is 4.60. The molecule has 4 rings (SSSR count). The van der Waals surface area contributed by atoms with Gasteiger partial charge in [-0.1, -0.05) is 18.2 Å². The zero-order valence-corrected chi connectivity index (χ0v) is 15.0. The van der Waals surface area contributed by atoms with E-state index in [1.807, 2.05) is 40.2 Å². The summed E-state index contributed by atoms with van der Waals surface area (Å²) >= 11 is 0. The molecule has 1 saturated heterocycles. The van der Waals surface area contributed by atoms with E-state index in [0.29, 0.717) is 43.2 Å². The molecule has 1 aromatic carbocycles. The highest BCUT2D eigenvalue weighted by atomic mass is 16.3. The number of aromatic nitrogens is 1. The number of hydrazine groups is 1. The summed E-state index contributed by atoms with van der Waals surface area (Å²) in [6.07, 6.45) is 1.59. The van der Waals surface area contributed by atoms with Gasteiger partial charge in [-0.05, 0) is 24.3 Å². The third-order valence-electron chi connectivity index (χ3n) is 4.60. The maximum absolute atomic E-state index is 13.2. The summed E-state index contributed by atoms with van der Waals surface area (Å²) < 4.78 is 5.47. The Balaban J connectivity index is 1.64. The SMILES string of the molecule is CC(=O)NN1CCN(C(=O)c2cc(-c3ccco3)nc3ccccc23)CC1. The summed E-state index contributed by atoms with van der Waals surface area (Å²) in [6.45, 7) is 3.77. The number of rotatable bonds is 3. The molecule has 0 unspecified atom stereocenters. The third kappa shape index (κ3) is 3.54. The molecule has 0 radical (unpaired) electrons. The normalized spacial score (nSPS) is 15.1. The van der Waals surface area contributed by atoms with Gasteiger partial charge in [0.25, 0.3) is 5.91 Å². The number of nitrogens with zero attached hydrogens (tertiary/aromatic N) is 3. The van der Waals surface area contributed by atoms with E-state index in [0.717, 1.165) is 10.9 Å². The minimum atomic E-state index is -0.0991. The fourth-order valence-electron chi connectivity index (χ4n) is 3.32. The molecule has 7 nitrogen and oxygen atoms in total. The fourth-order valence-corrected chi connectivity index (χ4v) is 3.32. The Labute approximate surface area is 156 Å². The highest BCUT2D eigenvalue weighted by molar-refractivity contribution is 6.07. The van der Waals surface area contributed by atoms with E-state index in [-0.39, 0.29) is 11.8 Å². The van der Waals surface area contributed by atoms with E-state index in [4.69, 9.17) is 4.42 Å². The molecule has 3 aromatic rings. The largest absolute Gasteiger partial charge is 0.463 e. The monoisotopic (exact) mass is 364 g/mol. The zero-order chi connectivity index (χ0) is 18.8. The first-order valence-electron chi connectivity index (χ1n) is 8.87. The molecule has 3 heterocycles. The van der Waals surface area contributed by atoms with Crippen molar-refractivity contribution in [3.8, 4) is 11.5 Å². The van der Waals surface area contributed by atoms with Crippen LogP contribution in [0.1, 0.15) is 17.3 Å². The molecule has 138 valence electrons. The number of fused-ring (bicyclic) bond motifs is 1. The van der Waals surface area contributed by atoms with Gasteiger partial charge in [0.15, 0.2) is 5.76 Å². The average Bonchev–Trinajstić information content (AvgIpc) is 3.21. The summed E-state index contributed by atoms with van der Waals surface area (Å²) in [5.74, 6) is 0.493. The van der Waals surface area contributed by atoms with Crippen molar-refractivity contribution < 1.29 is 14.0 Å². The predicted octanol–water partition coefficient (Wildman–Crippen LogP) is 2.30. The van der Waals surface area contributed by atoms with Gasteiger partial charge >= 0.3 is 0 Å². The first-order chi connectivity index (χ1) is 13.1. The Hall–Kier alpha value is -3.19. The highest BCUT2D eigenvalue weighted by Crippen LogP contribution is 2.26. The molecule has 0 atom stereocenters. The lowest BCUT2D eigenvalue weighted by molar-refractivity contribution is -0.124. The molecule has 7 heteroatoms. The number of benzene rings is 1. The summed E-state index contributed by atoms with van der Waals surface area (Å²) in [5, 5.41) is 2.66. The summed E-state index contributed by atoms with van der Waals surface area (Å²) in [7, 11) is 0. The Morgan fingerprint density at radius 3 is 2.56 bits per heavy atom. The summed E-state index contributed by atoms with van der Waals surface area (Å²) in [4.78, 5) is 30.9. The van der Waals surface area contributed by atoms with Crippen LogP contribution in [0.25, 0.3) is 22.4 Å². The van der Waals surface area contributed by atoms with Gasteiger partial charge in [-0.25, -0.2) is 9.99 Å². The first-order valence-corrected chi connectivity index (χ1v) is 8.87. The van der Waals surface area contributed by atoms with Crippen molar-refractivity contribution in [2.75, 3.05) is 26.2 Å². The van der Waals surface area contributed by atoms with Gasteiger partial charge in [0.2, 0.25) is 5.91 Å². The molecule has 0 saturated carbocycles. The molecule has 0 aliphatic carbocycles. The van der Waals surface area contributed by atoms with Gasteiger partial charge in [0.1, 0.15) is 5.69 Å². The van der Waals surface area contributed by atoms with Crippen LogP contribution in [0.5, 0.6) is 0 Å². The van der Waals surface area contributed by atoms with E-state index < -0.39 is 0 Å². The Bertz CT molecular complexity index is 976. The molecule has 0 spiro atoms. The van der Waals surface area contributed by atoms with Crippen LogP contribution in [0, 0.1) is 0 Å². The summed E-state index contributed by atoms with van der Waals surface area (Å²) in [5.41, 5.74) is 4.78. The number of furan rings is 1. The maximum atomic E-state index is 13.2. The van der Waals surface area contributed by atoms with Crippen LogP contribution in [-0.2, 0) is 4.79 Å². The van der Waals surface area contributed by atoms with Crippen LogP contribution in [0.3, 0.4) is 0 Å². The lowest BCUT2D eigenvalue weighted by atomic mass is 10.0. The molecule has 2 aromatic heterocycles. The van der Waals surface area contributed by atoms with Crippen LogP contribution >= 0.6 is 0 Å². The molecule has 1 N–H and O–H groups in total. The highest BCUT2D eigenvalue weighted by Gasteiger charge is 2.24. The van der Waals surface area contributed by atoms with Gasteiger partial charge in [-0.2, -0.15) is 0 Å². The van der Waals surface area contributed by atoms with E-state index in [2.05, 4.69) is 10.4 Å². The van der Waals surface area contributed by atoms with Gasteiger partial charge < -0.3 is 9.32 Å². The van der Waals surface area contributed by atoms with Gasteiger partial charge in [-0.15, -0.1) is 0 Å². The van der Waals surface area contributed by atoms with Crippen molar-refractivity contribution in [3.63, 3.8) is 0 Å². The van der Waals surface area contributed by atoms with Crippen molar-refractivity contribution in [2.45, 2.75) is 6.92 Å². The smallest absolute Gasteiger partial charge is 0.254 e. The van der Waals surface area contributed by atoms with Crippen LogP contribution in [-0.4, -0.2) is 52.9 Å². The number of carbonyl (C=O) groups is 2. The number of carbonyl (C=O) groups excluding carboxylic acids is 2. The molecule has 1 fully saturated rings. The van der Waals surface area contributed by atoms with Crippen LogP contribution in [0.2, 0.25) is 0 Å². The van der Waals surface area contributed by atoms with Gasteiger partial charge in [-0.3, -0.25) is 15.0 Å². The molecule has 1 aliphatic heterocycles. The molecule has 1 aliphatic rings. The second-order valence-corrected chi connectivity index (χ2v) is 6.50. The topological polar surface area (TPSA) is 78.7 Å². The third-order valence-corrected chi connectivity index (χ3v) is 4.60. The molecule has 0 bridgehead atoms. The van der Waals surface area contributed by atoms with E-state index in [1.54, 1.807) is 18.4 Å². The number of pyridine rings is 1. The van der Waals surface area contributed by atoms with Crippen LogP contribution in [0.15, 0.2) is 53.1 Å². The van der Waals surface area contributed by atoms with Crippen molar-refractivity contribution in [2.24, 2.45) is 0 Å². The van der Waals surface area contributed by atoms with Gasteiger partial charge in [0.05, 0.1) is 17.3 Å². The minimum Gasteiger partial charge on any atom is -0.463 e. The predicted molar refractivity (Wildman–Crippen MR) is 101 cm³/mol. The number of nitrogens with one attached hydrogen (secondary N) is 1. The second kappa shape index (κ2) is 7.20. The lowest BCUT2D eigenvalue weighted by Crippen LogP contribution is -2.54. The quantitative estimate of drug-likeness (QED) is 0.772. The van der Waals surface area contributed by atoms with Gasteiger partial charge in [0, 0.05) is 38.5 Å². The first kappa shape index (κ1) is 17.2. The number of amides is 2. The van der Waals surface area contributed by atoms with Crippen LogP contribution in [0.4, 0.5) is 0 Å². The lowest BCUT2D eigenvalue weighted by Gasteiger charge is -2.34.